The molecule has 0 radical (unpaired) electrons. The molecule has 2 heterocycles. The highest BCUT2D eigenvalue weighted by Crippen LogP contribution is 2.61. The van der Waals surface area contributed by atoms with Gasteiger partial charge in [-0.05, 0) is 73.1 Å². The van der Waals surface area contributed by atoms with Crippen molar-refractivity contribution in [3.8, 4) is 5.75 Å². The maximum Gasteiger partial charge on any atom is 0.261 e. The number of rotatable bonds is 6. The molecular formula is C33H42F2N6O2. The maximum atomic E-state index is 15.7. The lowest BCUT2D eigenvalue weighted by Crippen LogP contribution is -2.57. The molecule has 4 fully saturated rings. The van der Waals surface area contributed by atoms with Gasteiger partial charge >= 0.3 is 0 Å². The van der Waals surface area contributed by atoms with Crippen LogP contribution in [0.1, 0.15) is 46.1 Å². The molecule has 1 aromatic heterocycles. The van der Waals surface area contributed by atoms with E-state index >= 15 is 4.39 Å². The number of nitrogens with one attached hydrogen (secondary N) is 2. The number of halogens is 2. The molecule has 1 saturated heterocycles. The zero-order valence-corrected chi connectivity index (χ0v) is 25.7. The van der Waals surface area contributed by atoms with Crippen molar-refractivity contribution < 1.29 is 13.5 Å². The van der Waals surface area contributed by atoms with Gasteiger partial charge in [-0.1, -0.05) is 26.8 Å². The lowest BCUT2D eigenvalue weighted by molar-refractivity contribution is -0.108. The standard InChI is InChI=1S/C33H42F2N6O2/c1-19-17-40(11-9-36-19)32(38-28-13-22-12-25(20(28)2)33(22,3)4)39-30-16-29-24(15-27(30)35)31(42)41(18-37-29)10-8-21-6-7-23(43-5)14-26(21)34/h6-7,14-16,18-20,22,25,28,36H,8-13,17H2,1-5H3,(H,38,39)/t19-,20-,22+,25-,28-/m0/s1. The van der Waals surface area contributed by atoms with Gasteiger partial charge in [-0.2, -0.15) is 0 Å². The Hall–Kier alpha value is -3.53. The smallest absolute Gasteiger partial charge is 0.261 e. The molecule has 5 atom stereocenters. The first-order valence-corrected chi connectivity index (χ1v) is 15.4. The zero-order valence-electron chi connectivity index (χ0n) is 25.7. The fraction of sp³-hybridized carbons (Fsp3) is 0.545. The Morgan fingerprint density at radius 1 is 1.19 bits per heavy atom. The Kier molecular flexibility index (Phi) is 7.91. The molecule has 43 heavy (non-hydrogen) atoms. The number of anilines is 1. The zero-order chi connectivity index (χ0) is 30.5. The highest BCUT2D eigenvalue weighted by molar-refractivity contribution is 5.96. The summed E-state index contributed by atoms with van der Waals surface area (Å²) in [7, 11) is 1.48. The number of piperazine rings is 1. The second-order valence-electron chi connectivity index (χ2n) is 13.2. The summed E-state index contributed by atoms with van der Waals surface area (Å²) in [5.74, 6) is 1.93. The van der Waals surface area contributed by atoms with Crippen LogP contribution in [0.5, 0.6) is 5.75 Å². The van der Waals surface area contributed by atoms with Crippen molar-refractivity contribution in [3.05, 3.63) is 64.2 Å². The van der Waals surface area contributed by atoms with Crippen LogP contribution in [0.2, 0.25) is 0 Å². The van der Waals surface area contributed by atoms with Crippen LogP contribution in [0.3, 0.4) is 0 Å². The van der Waals surface area contributed by atoms with Crippen molar-refractivity contribution in [1.82, 2.24) is 19.8 Å². The molecule has 1 aliphatic heterocycles. The number of aryl methyl sites for hydroxylation is 2. The Morgan fingerprint density at radius 3 is 2.70 bits per heavy atom. The molecule has 4 aliphatic rings. The molecule has 2 bridgehead atoms. The van der Waals surface area contributed by atoms with E-state index in [1.807, 2.05) is 0 Å². The van der Waals surface area contributed by atoms with Crippen LogP contribution in [-0.2, 0) is 13.0 Å². The van der Waals surface area contributed by atoms with Gasteiger partial charge < -0.3 is 20.3 Å². The summed E-state index contributed by atoms with van der Waals surface area (Å²) in [4.78, 5) is 25.2. The topological polar surface area (TPSA) is 83.8 Å². The van der Waals surface area contributed by atoms with Crippen LogP contribution in [0.15, 0.2) is 46.4 Å². The minimum atomic E-state index is -0.540. The van der Waals surface area contributed by atoms with Crippen molar-refractivity contribution in [3.63, 3.8) is 0 Å². The van der Waals surface area contributed by atoms with E-state index in [1.54, 1.807) is 18.2 Å². The van der Waals surface area contributed by atoms with E-state index in [9.17, 15) is 9.18 Å². The summed E-state index contributed by atoms with van der Waals surface area (Å²) < 4.78 is 36.5. The molecule has 8 nitrogen and oxygen atoms in total. The van der Waals surface area contributed by atoms with E-state index in [4.69, 9.17) is 9.73 Å². The van der Waals surface area contributed by atoms with E-state index in [1.165, 1.54) is 36.6 Å². The van der Waals surface area contributed by atoms with Crippen molar-refractivity contribution in [1.29, 1.82) is 0 Å². The predicted molar refractivity (Wildman–Crippen MR) is 166 cm³/mol. The van der Waals surface area contributed by atoms with Crippen molar-refractivity contribution in [2.45, 2.75) is 65.6 Å². The fourth-order valence-electron chi connectivity index (χ4n) is 7.42. The molecule has 3 aromatic rings. The second-order valence-corrected chi connectivity index (χ2v) is 13.2. The third-order valence-corrected chi connectivity index (χ3v) is 10.3. The Labute approximate surface area is 251 Å². The fourth-order valence-corrected chi connectivity index (χ4v) is 7.42. The Morgan fingerprint density at radius 2 is 2.00 bits per heavy atom. The minimum absolute atomic E-state index is 0.175. The number of nitrogens with zero attached hydrogens (tertiary/aromatic N) is 4. The monoisotopic (exact) mass is 592 g/mol. The van der Waals surface area contributed by atoms with Gasteiger partial charge in [0.2, 0.25) is 0 Å². The van der Waals surface area contributed by atoms with Crippen LogP contribution in [0.25, 0.3) is 10.9 Å². The SMILES string of the molecule is COc1ccc(CCn2cnc3cc(NC(=N[C@H]4C[C@H]5C[C@@H]([C@@H]4C)C5(C)C)N4CCN[C@@H](C)C4)c(F)cc3c2=O)c(F)c1. The van der Waals surface area contributed by atoms with E-state index in [0.717, 1.165) is 26.1 Å². The van der Waals surface area contributed by atoms with Crippen molar-refractivity contribution >= 4 is 22.5 Å². The quantitative estimate of drug-likeness (QED) is 0.308. The van der Waals surface area contributed by atoms with Crippen molar-refractivity contribution in [2.75, 3.05) is 32.1 Å². The molecule has 0 unspecified atom stereocenters. The van der Waals surface area contributed by atoms with E-state index in [2.05, 4.69) is 48.2 Å². The van der Waals surface area contributed by atoms with Gasteiger partial charge in [-0.3, -0.25) is 9.36 Å². The number of guanidine groups is 1. The van der Waals surface area contributed by atoms with Crippen LogP contribution >= 0.6 is 0 Å². The Balaban J connectivity index is 1.26. The third-order valence-electron chi connectivity index (χ3n) is 10.3. The average molecular weight is 593 g/mol. The van der Waals surface area contributed by atoms with Crippen LogP contribution in [-0.4, -0.2) is 59.2 Å². The van der Waals surface area contributed by atoms with Gasteiger partial charge in [0.1, 0.15) is 17.4 Å². The normalized spacial score (nSPS) is 26.7. The molecule has 3 saturated carbocycles. The third kappa shape index (κ3) is 5.61. The first-order valence-electron chi connectivity index (χ1n) is 15.4. The van der Waals surface area contributed by atoms with Gasteiger partial charge in [-0.15, -0.1) is 0 Å². The van der Waals surface area contributed by atoms with Gasteiger partial charge in [-0.25, -0.2) is 18.8 Å². The number of aromatic nitrogens is 2. The first-order chi connectivity index (χ1) is 20.5. The molecule has 2 N–H and O–H groups in total. The van der Waals surface area contributed by atoms with E-state index < -0.39 is 11.6 Å². The lowest BCUT2D eigenvalue weighted by atomic mass is 9.45. The predicted octanol–water partition coefficient (Wildman–Crippen LogP) is 5.06. The number of aliphatic imine (C=N–C) groups is 1. The van der Waals surface area contributed by atoms with E-state index in [0.29, 0.717) is 46.0 Å². The number of hydrogen-bond donors (Lipinski definition) is 2. The van der Waals surface area contributed by atoms with Gasteiger partial charge in [0, 0.05) is 38.3 Å². The molecule has 7 rings (SSSR count). The molecule has 230 valence electrons. The van der Waals surface area contributed by atoms with Gasteiger partial charge in [0.05, 0.1) is 36.1 Å². The molecule has 10 heteroatoms. The molecular weight excluding hydrogens is 550 g/mol. The molecule has 0 spiro atoms. The number of fused-ring (bicyclic) bond motifs is 3. The summed E-state index contributed by atoms with van der Waals surface area (Å²) in [5.41, 5.74) is 1.08. The second kappa shape index (κ2) is 11.5. The Bertz CT molecular complexity index is 1600. The van der Waals surface area contributed by atoms with E-state index in [-0.39, 0.29) is 41.7 Å². The minimum Gasteiger partial charge on any atom is -0.497 e. The maximum absolute atomic E-state index is 15.7. The first kappa shape index (κ1) is 29.5. The lowest BCUT2D eigenvalue weighted by Gasteiger charge is -2.61. The number of methoxy groups -OCH3 is 1. The number of ether oxygens (including phenoxy) is 1. The largest absolute Gasteiger partial charge is 0.497 e. The summed E-state index contributed by atoms with van der Waals surface area (Å²) >= 11 is 0. The van der Waals surface area contributed by atoms with Crippen LogP contribution < -0.4 is 20.9 Å². The summed E-state index contributed by atoms with van der Waals surface area (Å²) in [6, 6.07) is 7.93. The highest BCUT2D eigenvalue weighted by atomic mass is 19.1. The molecule has 3 aliphatic carbocycles. The summed E-state index contributed by atoms with van der Waals surface area (Å²) in [6.45, 7) is 11.8. The number of benzene rings is 2. The van der Waals surface area contributed by atoms with Gasteiger partial charge in [0.15, 0.2) is 5.96 Å². The van der Waals surface area contributed by atoms with Crippen LogP contribution in [0, 0.1) is 34.8 Å². The van der Waals surface area contributed by atoms with Crippen LogP contribution in [0.4, 0.5) is 14.5 Å². The highest BCUT2D eigenvalue weighted by Gasteiger charge is 2.56. The average Bonchev–Trinajstić information content (AvgIpc) is 2.98. The van der Waals surface area contributed by atoms with Crippen molar-refractivity contribution in [2.24, 2.45) is 28.2 Å². The number of hydrogen-bond acceptors (Lipinski definition) is 5. The summed E-state index contributed by atoms with van der Waals surface area (Å²) in [6.07, 6.45) is 4.04. The molecule has 2 aromatic carbocycles. The van der Waals surface area contributed by atoms with Gasteiger partial charge in [0.25, 0.3) is 5.56 Å². The molecule has 0 amide bonds. The summed E-state index contributed by atoms with van der Waals surface area (Å²) in [5, 5.41) is 6.97.